The van der Waals surface area contributed by atoms with Crippen molar-refractivity contribution in [2.45, 2.75) is 90.8 Å². The zero-order valence-corrected chi connectivity index (χ0v) is 24.9. The second-order valence-electron chi connectivity index (χ2n) is 12.9. The Morgan fingerprint density at radius 1 is 1.10 bits per heavy atom. The first kappa shape index (κ1) is 30.0. The number of ether oxygens (including phenoxy) is 4. The molecule has 3 aliphatic carbocycles. The standard InChI is InChI=1S/C31H37NO10/c1-15-11-21-30(14-39-21,42-18(4)34)24-26(41-27(37)19-9-8-10-32-13-19)31(38)12-20(35)16(2)22(28(31,5)6)23(40-17(3)33)25(36)29(15,24)7/h8-10,13,15,21,23-24,26,38H,11-12,14H2,1-7H3/t15-,21?,23?,24?,26?,29+,30?,31?/m0/s1. The van der Waals surface area contributed by atoms with E-state index in [0.717, 1.165) is 0 Å². The summed E-state index contributed by atoms with van der Waals surface area (Å²) in [5.41, 5.74) is -6.06. The van der Waals surface area contributed by atoms with Crippen LogP contribution in [-0.2, 0) is 38.1 Å². The minimum atomic E-state index is -2.12. The van der Waals surface area contributed by atoms with Crippen LogP contribution in [-0.4, -0.2) is 75.7 Å². The fraction of sp³-hybridized carbons (Fsp3) is 0.613. The summed E-state index contributed by atoms with van der Waals surface area (Å²) in [6, 6.07) is 3.05. The quantitative estimate of drug-likeness (QED) is 0.411. The van der Waals surface area contributed by atoms with Gasteiger partial charge in [-0.15, -0.1) is 0 Å². The molecule has 1 saturated heterocycles. The number of hydrogen-bond acceptors (Lipinski definition) is 11. The van der Waals surface area contributed by atoms with Gasteiger partial charge in [-0.1, -0.05) is 27.7 Å². The van der Waals surface area contributed by atoms with Crippen LogP contribution in [0.3, 0.4) is 0 Å². The summed E-state index contributed by atoms with van der Waals surface area (Å²) in [4.78, 5) is 71.2. The normalized spacial score (nSPS) is 38.6. The number of rotatable bonds is 4. The summed E-state index contributed by atoms with van der Waals surface area (Å²) >= 11 is 0. The number of nitrogens with zero attached hydrogens (tertiary/aromatic N) is 1. The van der Waals surface area contributed by atoms with Crippen molar-refractivity contribution in [3.8, 4) is 0 Å². The number of esters is 3. The molecule has 0 spiro atoms. The van der Waals surface area contributed by atoms with Gasteiger partial charge in [-0.25, -0.2) is 4.79 Å². The topological polar surface area (TPSA) is 155 Å². The molecule has 1 aliphatic heterocycles. The average molecular weight is 584 g/mol. The van der Waals surface area contributed by atoms with Gasteiger partial charge in [-0.3, -0.25) is 24.2 Å². The Labute approximate surface area is 243 Å². The summed E-state index contributed by atoms with van der Waals surface area (Å²) in [5.74, 6) is -4.90. The van der Waals surface area contributed by atoms with Gasteiger partial charge >= 0.3 is 17.9 Å². The van der Waals surface area contributed by atoms with E-state index in [4.69, 9.17) is 18.9 Å². The van der Waals surface area contributed by atoms with Gasteiger partial charge in [-0.05, 0) is 42.5 Å². The van der Waals surface area contributed by atoms with E-state index in [0.29, 0.717) is 6.42 Å². The van der Waals surface area contributed by atoms with Gasteiger partial charge < -0.3 is 24.1 Å². The molecule has 2 bridgehead atoms. The first-order chi connectivity index (χ1) is 19.5. The Kier molecular flexibility index (Phi) is 7.01. The van der Waals surface area contributed by atoms with Crippen molar-refractivity contribution < 1.29 is 48.0 Å². The molecule has 0 aromatic carbocycles. The van der Waals surface area contributed by atoms with Crippen molar-refractivity contribution in [1.82, 2.24) is 4.98 Å². The van der Waals surface area contributed by atoms with Crippen LogP contribution < -0.4 is 0 Å². The molecule has 1 aromatic rings. The maximum atomic E-state index is 14.9. The van der Waals surface area contributed by atoms with Crippen molar-refractivity contribution in [3.05, 3.63) is 41.2 Å². The van der Waals surface area contributed by atoms with E-state index >= 15 is 0 Å². The van der Waals surface area contributed by atoms with Crippen LogP contribution in [0, 0.1) is 22.7 Å². The minimum Gasteiger partial charge on any atom is -0.455 e. The summed E-state index contributed by atoms with van der Waals surface area (Å²) < 4.78 is 23.8. The van der Waals surface area contributed by atoms with E-state index < -0.39 is 88.1 Å². The highest BCUT2D eigenvalue weighted by Crippen LogP contribution is 2.65. The molecule has 42 heavy (non-hydrogen) atoms. The number of pyridine rings is 1. The van der Waals surface area contributed by atoms with Crippen LogP contribution in [0.25, 0.3) is 0 Å². The molecule has 4 aliphatic rings. The molecule has 6 unspecified atom stereocenters. The number of aromatic nitrogens is 1. The highest BCUT2D eigenvalue weighted by molar-refractivity contribution is 6.02. The number of carbonyl (C=O) groups excluding carboxylic acids is 5. The van der Waals surface area contributed by atoms with E-state index in [9.17, 15) is 29.1 Å². The van der Waals surface area contributed by atoms with Crippen molar-refractivity contribution in [3.63, 3.8) is 0 Å². The van der Waals surface area contributed by atoms with E-state index in [-0.39, 0.29) is 23.3 Å². The third-order valence-corrected chi connectivity index (χ3v) is 10.4. The highest BCUT2D eigenvalue weighted by atomic mass is 16.6. The maximum absolute atomic E-state index is 14.9. The van der Waals surface area contributed by atoms with Crippen LogP contribution in [0.1, 0.15) is 71.7 Å². The second-order valence-corrected chi connectivity index (χ2v) is 12.9. The van der Waals surface area contributed by atoms with Crippen LogP contribution in [0.2, 0.25) is 0 Å². The Hall–Kier alpha value is -3.44. The van der Waals surface area contributed by atoms with Crippen LogP contribution in [0.4, 0.5) is 0 Å². The second kappa shape index (κ2) is 9.80. The third kappa shape index (κ3) is 4.00. The van der Waals surface area contributed by atoms with Gasteiger partial charge in [0.15, 0.2) is 23.3 Å². The van der Waals surface area contributed by atoms with Crippen molar-refractivity contribution in [2.75, 3.05) is 6.61 Å². The lowest BCUT2D eigenvalue weighted by Crippen LogP contribution is -2.80. The van der Waals surface area contributed by atoms with E-state index in [1.165, 1.54) is 32.3 Å². The molecular formula is C31H37NO10. The summed E-state index contributed by atoms with van der Waals surface area (Å²) in [7, 11) is 0. The van der Waals surface area contributed by atoms with Crippen LogP contribution >= 0.6 is 0 Å². The lowest BCUT2D eigenvalue weighted by Gasteiger charge is -2.67. The van der Waals surface area contributed by atoms with Crippen molar-refractivity contribution in [2.24, 2.45) is 22.7 Å². The van der Waals surface area contributed by atoms with E-state index in [2.05, 4.69) is 4.98 Å². The molecule has 226 valence electrons. The molecule has 11 heteroatoms. The number of aliphatic hydroxyl groups is 1. The number of allylic oxidation sites excluding steroid dienone is 1. The lowest BCUT2D eigenvalue weighted by molar-refractivity contribution is -0.338. The van der Waals surface area contributed by atoms with Gasteiger partial charge in [0.1, 0.15) is 17.8 Å². The summed E-state index contributed by atoms with van der Waals surface area (Å²) in [6.45, 7) is 10.6. The first-order valence-electron chi connectivity index (χ1n) is 14.1. The lowest BCUT2D eigenvalue weighted by atomic mass is 9.43. The number of hydrogen-bond donors (Lipinski definition) is 1. The summed E-state index contributed by atoms with van der Waals surface area (Å²) in [6.07, 6.45) is -1.06. The Balaban J connectivity index is 1.85. The van der Waals surface area contributed by atoms with Gasteiger partial charge in [0.25, 0.3) is 0 Å². The predicted molar refractivity (Wildman–Crippen MR) is 145 cm³/mol. The van der Waals surface area contributed by atoms with Crippen molar-refractivity contribution in [1.29, 1.82) is 0 Å². The molecule has 2 heterocycles. The van der Waals surface area contributed by atoms with Gasteiger partial charge in [-0.2, -0.15) is 0 Å². The summed E-state index contributed by atoms with van der Waals surface area (Å²) in [5, 5.41) is 12.9. The number of Topliss-reactive ketones (excluding diaryl/α,β-unsaturated/α-hetero) is 2. The largest absolute Gasteiger partial charge is 0.455 e. The first-order valence-corrected chi connectivity index (χ1v) is 14.1. The molecule has 2 saturated carbocycles. The average Bonchev–Trinajstić information content (AvgIpc) is 2.90. The monoisotopic (exact) mass is 583 g/mol. The number of ketones is 2. The molecule has 11 nitrogen and oxygen atoms in total. The zero-order chi connectivity index (χ0) is 31.0. The molecule has 0 radical (unpaired) electrons. The van der Waals surface area contributed by atoms with Crippen molar-refractivity contribution >= 4 is 29.5 Å². The highest BCUT2D eigenvalue weighted by Gasteiger charge is 2.77. The Morgan fingerprint density at radius 2 is 1.79 bits per heavy atom. The van der Waals surface area contributed by atoms with E-state index in [1.807, 2.05) is 6.92 Å². The molecule has 5 rings (SSSR count). The number of fused-ring (bicyclic) bond motifs is 5. The minimum absolute atomic E-state index is 0.0904. The molecule has 0 amide bonds. The van der Waals surface area contributed by atoms with E-state index in [1.54, 1.807) is 33.8 Å². The maximum Gasteiger partial charge on any atom is 0.340 e. The van der Waals surface area contributed by atoms with Gasteiger partial charge in [0.2, 0.25) is 0 Å². The number of carbonyl (C=O) groups is 5. The zero-order valence-electron chi connectivity index (χ0n) is 24.9. The molecule has 3 fully saturated rings. The van der Waals surface area contributed by atoms with Gasteiger partial charge in [0.05, 0.1) is 18.1 Å². The molecule has 1 aromatic heterocycles. The fourth-order valence-corrected chi connectivity index (χ4v) is 7.93. The SMILES string of the molecule is CC(=O)OC1C(=O)[C@@]2(C)C(C(OC(=O)c3cccnc3)C3(O)CC(=O)C(C)=C1C3(C)C)C1(OC(C)=O)COC1C[C@@H]2C. The third-order valence-electron chi connectivity index (χ3n) is 10.4. The predicted octanol–water partition coefficient (Wildman–Crippen LogP) is 2.53. The Morgan fingerprint density at radius 3 is 2.33 bits per heavy atom. The molecular weight excluding hydrogens is 546 g/mol. The molecule has 1 N–H and O–H groups in total. The van der Waals surface area contributed by atoms with Crippen LogP contribution in [0.15, 0.2) is 35.7 Å². The fourth-order valence-electron chi connectivity index (χ4n) is 7.93. The van der Waals surface area contributed by atoms with Gasteiger partial charge in [0, 0.05) is 43.5 Å². The van der Waals surface area contributed by atoms with Crippen LogP contribution in [0.5, 0.6) is 0 Å². The Bertz CT molecular complexity index is 1400. The smallest absolute Gasteiger partial charge is 0.340 e. The molecule has 8 atom stereocenters.